The number of nitrogens with one attached hydrogen (secondary N) is 1. The van der Waals surface area contributed by atoms with Gasteiger partial charge in [-0.2, -0.15) is 21.6 Å². The summed E-state index contributed by atoms with van der Waals surface area (Å²) < 4.78 is 69.3. The Bertz CT molecular complexity index is 785. The molecule has 0 atom stereocenters. The van der Waals surface area contributed by atoms with Crippen LogP contribution in [0.25, 0.3) is 0 Å². The van der Waals surface area contributed by atoms with Gasteiger partial charge in [-0.05, 0) is 45.2 Å². The van der Waals surface area contributed by atoms with Gasteiger partial charge < -0.3 is 14.2 Å². The highest BCUT2D eigenvalue weighted by atomic mass is 32.2. The maximum atomic E-state index is 12.5. The lowest BCUT2D eigenvalue weighted by Crippen LogP contribution is -2.42. The second kappa shape index (κ2) is 8.54. The van der Waals surface area contributed by atoms with E-state index in [9.17, 15) is 26.4 Å². The molecule has 0 aliphatic carbocycles. The molecule has 1 aromatic heterocycles. The minimum atomic E-state index is -5.82. The molecule has 7 nitrogen and oxygen atoms in total. The van der Waals surface area contributed by atoms with Gasteiger partial charge >= 0.3 is 21.7 Å². The van der Waals surface area contributed by atoms with Crippen LogP contribution in [0.3, 0.4) is 0 Å². The van der Waals surface area contributed by atoms with E-state index in [-0.39, 0.29) is 6.54 Å². The van der Waals surface area contributed by atoms with E-state index in [4.69, 9.17) is 4.74 Å². The highest BCUT2D eigenvalue weighted by Crippen LogP contribution is 2.34. The number of carbonyl (C=O) groups is 1. The van der Waals surface area contributed by atoms with Gasteiger partial charge in [0.25, 0.3) is 0 Å². The highest BCUT2D eigenvalue weighted by molar-refractivity contribution is 7.87. The molecule has 1 heterocycles. The zero-order valence-electron chi connectivity index (χ0n) is 16.4. The smallest absolute Gasteiger partial charge is 0.444 e. The predicted molar refractivity (Wildman–Crippen MR) is 96.3 cm³/mol. The third kappa shape index (κ3) is 6.25. The normalized spacial score (nSPS) is 13.1. The Morgan fingerprint density at radius 1 is 1.18 bits per heavy atom. The molecule has 0 aromatic carbocycles. The summed E-state index contributed by atoms with van der Waals surface area (Å²) in [7, 11) is -5.82. The van der Waals surface area contributed by atoms with Crippen molar-refractivity contribution in [3.05, 3.63) is 23.9 Å². The van der Waals surface area contributed by atoms with E-state index in [2.05, 4.69) is 14.5 Å². The number of carbonyl (C=O) groups excluding carboxylic acids is 1. The molecule has 0 saturated carbocycles. The van der Waals surface area contributed by atoms with Gasteiger partial charge in [-0.15, -0.1) is 0 Å². The van der Waals surface area contributed by atoms with Crippen LogP contribution in [0.1, 0.15) is 53.0 Å². The number of alkyl halides is 3. The number of hydrogen-bond donors (Lipinski definition) is 1. The van der Waals surface area contributed by atoms with Crippen molar-refractivity contribution in [2.45, 2.75) is 64.0 Å². The quantitative estimate of drug-likeness (QED) is 0.525. The molecule has 0 spiro atoms. The molecule has 0 bridgehead atoms. The highest BCUT2D eigenvalue weighted by Gasteiger charge is 2.49. The van der Waals surface area contributed by atoms with Crippen LogP contribution in [-0.2, 0) is 20.3 Å². The average molecular weight is 426 g/mol. The zero-order valence-corrected chi connectivity index (χ0v) is 17.2. The van der Waals surface area contributed by atoms with Gasteiger partial charge in [0.2, 0.25) is 5.88 Å². The Morgan fingerprint density at radius 3 is 2.21 bits per heavy atom. The number of nitrogens with zero attached hydrogens (tertiary/aromatic N) is 1. The van der Waals surface area contributed by atoms with E-state index >= 15 is 0 Å². The molecule has 0 unspecified atom stereocenters. The number of pyridine rings is 1. The van der Waals surface area contributed by atoms with Gasteiger partial charge in [-0.3, -0.25) is 0 Å². The first kappa shape index (κ1) is 24.0. The zero-order chi connectivity index (χ0) is 21.8. The van der Waals surface area contributed by atoms with E-state index in [1.165, 1.54) is 6.07 Å². The molecule has 0 saturated heterocycles. The fourth-order valence-corrected chi connectivity index (χ4v) is 2.92. The standard InChI is InChI=1S/C17H25F3N2O5S/c1-6-16(7-2,11-22-14(23)26-15(3,4)5)12-8-9-21-13(10-12)27-28(24,25)17(18,19)20/h8-10H,6-7,11H2,1-5H3,(H,22,23). The average Bonchev–Trinajstić information content (AvgIpc) is 2.53. The second-order valence-electron chi connectivity index (χ2n) is 7.21. The van der Waals surface area contributed by atoms with Crippen LogP contribution < -0.4 is 9.50 Å². The second-order valence-corrected chi connectivity index (χ2v) is 8.75. The Balaban J connectivity index is 3.10. The summed E-state index contributed by atoms with van der Waals surface area (Å²) in [5, 5.41) is 2.65. The molecule has 0 aliphatic heterocycles. The van der Waals surface area contributed by atoms with E-state index in [1.807, 2.05) is 13.8 Å². The first-order valence-electron chi connectivity index (χ1n) is 8.60. The van der Waals surface area contributed by atoms with Crippen molar-refractivity contribution in [3.63, 3.8) is 0 Å². The van der Waals surface area contributed by atoms with Crippen molar-refractivity contribution in [2.24, 2.45) is 0 Å². The summed E-state index contributed by atoms with van der Waals surface area (Å²) in [6, 6.07) is 2.67. The van der Waals surface area contributed by atoms with Crippen molar-refractivity contribution in [2.75, 3.05) is 6.54 Å². The van der Waals surface area contributed by atoms with Gasteiger partial charge in [0, 0.05) is 24.2 Å². The molecular weight excluding hydrogens is 401 g/mol. The summed E-state index contributed by atoms with van der Waals surface area (Å²) in [6.45, 7) is 8.96. The molecular formula is C17H25F3N2O5S. The van der Waals surface area contributed by atoms with E-state index in [0.717, 1.165) is 12.3 Å². The number of aromatic nitrogens is 1. The fraction of sp³-hybridized carbons (Fsp3) is 0.647. The Labute approximate surface area is 162 Å². The summed E-state index contributed by atoms with van der Waals surface area (Å²) in [5.74, 6) is -0.696. The number of rotatable bonds is 7. The van der Waals surface area contributed by atoms with Gasteiger partial charge in [0.1, 0.15) is 5.60 Å². The molecule has 1 amide bonds. The lowest BCUT2D eigenvalue weighted by Gasteiger charge is -2.33. The molecule has 28 heavy (non-hydrogen) atoms. The number of amides is 1. The molecule has 0 aliphatic rings. The third-order valence-electron chi connectivity index (χ3n) is 4.15. The van der Waals surface area contributed by atoms with Crippen molar-refractivity contribution < 1.29 is 35.3 Å². The Morgan fingerprint density at radius 2 is 1.75 bits per heavy atom. The Hall–Kier alpha value is -2.04. The molecule has 1 N–H and O–H groups in total. The number of alkyl carbamates (subject to hydrolysis) is 1. The number of halogens is 3. The molecule has 1 aromatic rings. The van der Waals surface area contributed by atoms with E-state index in [1.54, 1.807) is 20.8 Å². The predicted octanol–water partition coefficient (Wildman–Crippen LogP) is 3.89. The molecule has 0 fully saturated rings. The lowest BCUT2D eigenvalue weighted by atomic mass is 9.76. The van der Waals surface area contributed by atoms with Gasteiger partial charge in [-0.25, -0.2) is 9.78 Å². The van der Waals surface area contributed by atoms with Crippen molar-refractivity contribution in [3.8, 4) is 5.88 Å². The minimum absolute atomic E-state index is 0.129. The van der Waals surface area contributed by atoms with Crippen molar-refractivity contribution in [1.29, 1.82) is 0 Å². The minimum Gasteiger partial charge on any atom is -0.444 e. The van der Waals surface area contributed by atoms with E-state index < -0.39 is 38.6 Å². The summed E-state index contributed by atoms with van der Waals surface area (Å²) in [4.78, 5) is 15.5. The van der Waals surface area contributed by atoms with Gasteiger partial charge in [0.15, 0.2) is 0 Å². The SMILES string of the molecule is CCC(CC)(CNC(=O)OC(C)(C)C)c1ccnc(OS(=O)(=O)C(F)(F)F)c1. The van der Waals surface area contributed by atoms with Crippen LogP contribution in [0.15, 0.2) is 18.3 Å². The summed E-state index contributed by atoms with van der Waals surface area (Å²) in [5.41, 5.74) is -6.44. The molecule has 160 valence electrons. The summed E-state index contributed by atoms with van der Waals surface area (Å²) in [6.07, 6.45) is 1.54. The fourth-order valence-electron chi connectivity index (χ4n) is 2.51. The third-order valence-corrected chi connectivity index (χ3v) is 5.11. The maximum absolute atomic E-state index is 12.5. The number of hydrogen-bond acceptors (Lipinski definition) is 6. The monoisotopic (exact) mass is 426 g/mol. The van der Waals surface area contributed by atoms with Crippen LogP contribution in [0, 0.1) is 0 Å². The molecule has 11 heteroatoms. The maximum Gasteiger partial charge on any atom is 0.534 e. The first-order valence-corrected chi connectivity index (χ1v) is 10.0. The first-order chi connectivity index (χ1) is 12.7. The van der Waals surface area contributed by atoms with E-state index in [0.29, 0.717) is 18.4 Å². The van der Waals surface area contributed by atoms with Crippen LogP contribution in [0.4, 0.5) is 18.0 Å². The topological polar surface area (TPSA) is 94.6 Å². The van der Waals surface area contributed by atoms with Gasteiger partial charge in [-0.1, -0.05) is 13.8 Å². The van der Waals surface area contributed by atoms with Crippen molar-refractivity contribution in [1.82, 2.24) is 10.3 Å². The van der Waals surface area contributed by atoms with Crippen molar-refractivity contribution >= 4 is 16.2 Å². The van der Waals surface area contributed by atoms with Crippen LogP contribution in [0.5, 0.6) is 5.88 Å². The van der Waals surface area contributed by atoms with Crippen LogP contribution in [0.2, 0.25) is 0 Å². The largest absolute Gasteiger partial charge is 0.534 e. The van der Waals surface area contributed by atoms with Gasteiger partial charge in [0.05, 0.1) is 0 Å². The lowest BCUT2D eigenvalue weighted by molar-refractivity contribution is -0.0501. The Kier molecular flexibility index (Phi) is 7.32. The van der Waals surface area contributed by atoms with Crippen LogP contribution >= 0.6 is 0 Å². The molecule has 0 radical (unpaired) electrons. The molecule has 1 rings (SSSR count). The summed E-state index contributed by atoms with van der Waals surface area (Å²) >= 11 is 0. The van der Waals surface area contributed by atoms with Crippen LogP contribution in [-0.4, -0.2) is 37.1 Å². The number of ether oxygens (including phenoxy) is 1.